The maximum absolute atomic E-state index is 11.3. The zero-order valence-corrected chi connectivity index (χ0v) is 8.96. The summed E-state index contributed by atoms with van der Waals surface area (Å²) in [5, 5.41) is 8.10. The summed E-state index contributed by atoms with van der Waals surface area (Å²) < 4.78 is 22.6. The van der Waals surface area contributed by atoms with Crippen molar-refractivity contribution >= 4 is 15.8 Å². The minimum Gasteiger partial charge on any atom is -0.481 e. The topological polar surface area (TPSA) is 74.7 Å². The van der Waals surface area contributed by atoms with Gasteiger partial charge < -0.3 is 10.0 Å². The number of hydrogen-bond acceptors (Lipinski definition) is 4. The lowest BCUT2D eigenvalue weighted by molar-refractivity contribution is -0.137. The molecule has 1 atom stereocenters. The van der Waals surface area contributed by atoms with Crippen molar-refractivity contribution in [3.8, 4) is 0 Å². The Morgan fingerprint density at radius 3 is 2.71 bits per heavy atom. The molecule has 1 aliphatic heterocycles. The zero-order chi connectivity index (χ0) is 10.8. The van der Waals surface area contributed by atoms with E-state index in [1.54, 1.807) is 6.92 Å². The first kappa shape index (κ1) is 11.5. The molecule has 1 heterocycles. The number of sulfone groups is 1. The van der Waals surface area contributed by atoms with Gasteiger partial charge in [-0.05, 0) is 6.92 Å². The van der Waals surface area contributed by atoms with Gasteiger partial charge in [-0.3, -0.25) is 4.79 Å². The van der Waals surface area contributed by atoms with Gasteiger partial charge in [-0.15, -0.1) is 0 Å². The van der Waals surface area contributed by atoms with E-state index in [2.05, 4.69) is 0 Å². The fourth-order valence-corrected chi connectivity index (χ4v) is 2.84. The van der Waals surface area contributed by atoms with E-state index < -0.39 is 15.8 Å². The van der Waals surface area contributed by atoms with Crippen LogP contribution in [0.4, 0.5) is 0 Å². The maximum Gasteiger partial charge on any atom is 0.304 e. The third-order valence-corrected chi connectivity index (χ3v) is 4.59. The van der Waals surface area contributed by atoms with Crippen LogP contribution >= 0.6 is 0 Å². The molecule has 14 heavy (non-hydrogen) atoms. The van der Waals surface area contributed by atoms with Crippen molar-refractivity contribution < 1.29 is 18.3 Å². The van der Waals surface area contributed by atoms with Crippen molar-refractivity contribution in [2.75, 3.05) is 25.4 Å². The second-order valence-corrected chi connectivity index (χ2v) is 6.16. The standard InChI is InChI=1S/C8H15NO4S/c1-7-6-9(3-2-8(10)11)4-5-14(7,12)13/h7H,2-6H2,1H3,(H,10,11). The molecule has 1 saturated heterocycles. The Bertz CT molecular complexity index is 311. The van der Waals surface area contributed by atoms with Crippen LogP contribution in [0.3, 0.4) is 0 Å². The van der Waals surface area contributed by atoms with Crippen molar-refractivity contribution in [2.45, 2.75) is 18.6 Å². The Hall–Kier alpha value is -0.620. The number of nitrogens with zero attached hydrogens (tertiary/aromatic N) is 1. The second-order valence-electron chi connectivity index (χ2n) is 3.62. The average molecular weight is 221 g/mol. The zero-order valence-electron chi connectivity index (χ0n) is 8.14. The number of carboxylic acids is 1. The largest absolute Gasteiger partial charge is 0.481 e. The SMILES string of the molecule is CC1CN(CCC(=O)O)CCS1(=O)=O. The van der Waals surface area contributed by atoms with Crippen molar-refractivity contribution in [1.82, 2.24) is 4.90 Å². The molecule has 0 saturated carbocycles. The summed E-state index contributed by atoms with van der Waals surface area (Å²) in [6.07, 6.45) is 0.0762. The van der Waals surface area contributed by atoms with Gasteiger partial charge in [-0.25, -0.2) is 8.42 Å². The molecular formula is C8H15NO4S. The number of carbonyl (C=O) groups is 1. The van der Waals surface area contributed by atoms with Crippen LogP contribution in [-0.2, 0) is 14.6 Å². The van der Waals surface area contributed by atoms with Gasteiger partial charge in [0, 0.05) is 19.6 Å². The van der Waals surface area contributed by atoms with Gasteiger partial charge in [0.15, 0.2) is 9.84 Å². The third kappa shape index (κ3) is 2.95. The van der Waals surface area contributed by atoms with Crippen LogP contribution in [0.2, 0.25) is 0 Å². The predicted octanol–water partition coefficient (Wildman–Crippen LogP) is -0.420. The van der Waals surface area contributed by atoms with Crippen LogP contribution in [0.1, 0.15) is 13.3 Å². The quantitative estimate of drug-likeness (QED) is 0.700. The smallest absolute Gasteiger partial charge is 0.304 e. The van der Waals surface area contributed by atoms with Crippen LogP contribution in [0, 0.1) is 0 Å². The molecule has 1 aliphatic rings. The number of aliphatic carboxylic acids is 1. The summed E-state index contributed by atoms with van der Waals surface area (Å²) in [4.78, 5) is 12.2. The Kier molecular flexibility index (Phi) is 3.49. The Morgan fingerprint density at radius 1 is 1.57 bits per heavy atom. The number of rotatable bonds is 3. The number of hydrogen-bond donors (Lipinski definition) is 1. The van der Waals surface area contributed by atoms with Gasteiger partial charge in [0.25, 0.3) is 0 Å². The van der Waals surface area contributed by atoms with Crippen LogP contribution < -0.4 is 0 Å². The maximum atomic E-state index is 11.3. The first-order valence-electron chi connectivity index (χ1n) is 4.57. The van der Waals surface area contributed by atoms with Crippen LogP contribution in [0.5, 0.6) is 0 Å². The molecule has 82 valence electrons. The van der Waals surface area contributed by atoms with Crippen molar-refractivity contribution in [1.29, 1.82) is 0 Å². The second kappa shape index (κ2) is 4.27. The fraction of sp³-hybridized carbons (Fsp3) is 0.875. The Balaban J connectivity index is 2.43. The molecule has 0 spiro atoms. The van der Waals surface area contributed by atoms with E-state index >= 15 is 0 Å². The van der Waals surface area contributed by atoms with Crippen molar-refractivity contribution in [3.05, 3.63) is 0 Å². The highest BCUT2D eigenvalue weighted by Crippen LogP contribution is 2.11. The lowest BCUT2D eigenvalue weighted by Gasteiger charge is -2.30. The van der Waals surface area contributed by atoms with E-state index in [0.29, 0.717) is 19.6 Å². The molecule has 0 aromatic carbocycles. The highest BCUT2D eigenvalue weighted by molar-refractivity contribution is 7.92. The molecule has 1 N–H and O–H groups in total. The first-order chi connectivity index (χ1) is 6.42. The van der Waals surface area contributed by atoms with E-state index in [1.165, 1.54) is 0 Å². The molecule has 0 bridgehead atoms. The van der Waals surface area contributed by atoms with E-state index in [-0.39, 0.29) is 17.4 Å². The predicted molar refractivity (Wildman–Crippen MR) is 51.9 cm³/mol. The molecular weight excluding hydrogens is 206 g/mol. The molecule has 1 rings (SSSR count). The molecule has 0 amide bonds. The van der Waals surface area contributed by atoms with E-state index in [9.17, 15) is 13.2 Å². The number of carboxylic acid groups (broad SMARTS) is 1. The lowest BCUT2D eigenvalue weighted by Crippen LogP contribution is -2.46. The molecule has 6 heteroatoms. The normalized spacial score (nSPS) is 27.4. The van der Waals surface area contributed by atoms with Crippen LogP contribution in [0.25, 0.3) is 0 Å². The Labute approximate surface area is 83.6 Å². The molecule has 1 unspecified atom stereocenters. The van der Waals surface area contributed by atoms with Gasteiger partial charge in [-0.1, -0.05) is 0 Å². The van der Waals surface area contributed by atoms with E-state index in [4.69, 9.17) is 5.11 Å². The molecule has 1 fully saturated rings. The summed E-state index contributed by atoms with van der Waals surface area (Å²) in [7, 11) is -2.92. The summed E-state index contributed by atoms with van der Waals surface area (Å²) in [6.45, 7) is 3.02. The van der Waals surface area contributed by atoms with Gasteiger partial charge in [0.05, 0.1) is 17.4 Å². The van der Waals surface area contributed by atoms with E-state index in [0.717, 1.165) is 0 Å². The summed E-state index contributed by atoms with van der Waals surface area (Å²) in [5.74, 6) is -0.695. The molecule has 0 radical (unpaired) electrons. The van der Waals surface area contributed by atoms with Gasteiger partial charge >= 0.3 is 5.97 Å². The summed E-state index contributed by atoms with van der Waals surface area (Å²) in [5.41, 5.74) is 0. The minimum absolute atomic E-state index is 0.0762. The molecule has 0 aromatic rings. The molecule has 0 aliphatic carbocycles. The summed E-state index contributed by atoms with van der Waals surface area (Å²) in [6, 6.07) is 0. The van der Waals surface area contributed by atoms with E-state index in [1.807, 2.05) is 4.90 Å². The van der Waals surface area contributed by atoms with Crippen LogP contribution in [-0.4, -0.2) is 55.0 Å². The van der Waals surface area contributed by atoms with Crippen LogP contribution in [0.15, 0.2) is 0 Å². The molecule has 0 aromatic heterocycles. The third-order valence-electron chi connectivity index (χ3n) is 2.46. The lowest BCUT2D eigenvalue weighted by atomic mass is 10.3. The Morgan fingerprint density at radius 2 is 2.21 bits per heavy atom. The van der Waals surface area contributed by atoms with Gasteiger partial charge in [-0.2, -0.15) is 0 Å². The van der Waals surface area contributed by atoms with Crippen molar-refractivity contribution in [3.63, 3.8) is 0 Å². The highest BCUT2D eigenvalue weighted by Gasteiger charge is 2.28. The minimum atomic E-state index is -2.92. The first-order valence-corrected chi connectivity index (χ1v) is 6.29. The fourth-order valence-electron chi connectivity index (χ4n) is 1.48. The van der Waals surface area contributed by atoms with Gasteiger partial charge in [0.1, 0.15) is 0 Å². The summed E-state index contributed by atoms with van der Waals surface area (Å²) >= 11 is 0. The van der Waals surface area contributed by atoms with Crippen molar-refractivity contribution in [2.24, 2.45) is 0 Å². The van der Waals surface area contributed by atoms with Gasteiger partial charge in [0.2, 0.25) is 0 Å². The monoisotopic (exact) mass is 221 g/mol. The molecule has 5 nitrogen and oxygen atoms in total. The average Bonchev–Trinajstić information content (AvgIpc) is 2.07. The highest BCUT2D eigenvalue weighted by atomic mass is 32.2.